The number of para-hydroxylation sites is 2. The molecule has 0 radical (unpaired) electrons. The van der Waals surface area contributed by atoms with Crippen LogP contribution in [0.2, 0.25) is 0 Å². The summed E-state index contributed by atoms with van der Waals surface area (Å²) in [5.41, 5.74) is 2.20. The zero-order valence-electron chi connectivity index (χ0n) is 13.4. The van der Waals surface area contributed by atoms with Gasteiger partial charge in [-0.1, -0.05) is 30.3 Å². The fraction of sp³-hybridized carbons (Fsp3) is 0.300. The van der Waals surface area contributed by atoms with Gasteiger partial charge >= 0.3 is 0 Å². The van der Waals surface area contributed by atoms with Crippen LogP contribution >= 0.6 is 0 Å². The maximum absolute atomic E-state index is 6.34. The molecule has 0 amide bonds. The standard InChI is InChI=1S/C20H19N3O/c1-3-8-16-15(7-1)19(22-13-21-16)23-17-12-20(10-5-11-20)24-18-9-4-2-6-14(17)18/h1-4,6-9,13,17H,5,10-12H2,(H,21,22,23). The first-order valence-corrected chi connectivity index (χ1v) is 8.57. The monoisotopic (exact) mass is 317 g/mol. The molecule has 1 spiro atoms. The average Bonchev–Trinajstić information content (AvgIpc) is 2.60. The van der Waals surface area contributed by atoms with Crippen molar-refractivity contribution in [2.75, 3.05) is 5.32 Å². The van der Waals surface area contributed by atoms with Crippen LogP contribution < -0.4 is 10.1 Å². The lowest BCUT2D eigenvalue weighted by atomic mass is 9.73. The molecule has 2 aromatic carbocycles. The van der Waals surface area contributed by atoms with Crippen LogP contribution in [0.15, 0.2) is 54.9 Å². The topological polar surface area (TPSA) is 47.0 Å². The van der Waals surface area contributed by atoms with E-state index in [0.717, 1.165) is 41.7 Å². The molecule has 0 saturated heterocycles. The number of fused-ring (bicyclic) bond motifs is 2. The maximum atomic E-state index is 6.34. The van der Waals surface area contributed by atoms with Crippen molar-refractivity contribution in [3.63, 3.8) is 0 Å². The van der Waals surface area contributed by atoms with E-state index >= 15 is 0 Å². The first-order valence-electron chi connectivity index (χ1n) is 8.57. The van der Waals surface area contributed by atoms with Crippen molar-refractivity contribution >= 4 is 16.7 Å². The van der Waals surface area contributed by atoms with Crippen LogP contribution in [0.5, 0.6) is 5.75 Å². The highest BCUT2D eigenvalue weighted by molar-refractivity contribution is 5.88. The summed E-state index contributed by atoms with van der Waals surface area (Å²) in [7, 11) is 0. The van der Waals surface area contributed by atoms with Crippen molar-refractivity contribution in [1.29, 1.82) is 0 Å². The molecule has 1 atom stereocenters. The molecule has 1 aliphatic heterocycles. The minimum absolute atomic E-state index is 0.00878. The van der Waals surface area contributed by atoms with Gasteiger partial charge in [-0.2, -0.15) is 0 Å². The van der Waals surface area contributed by atoms with E-state index in [1.807, 2.05) is 24.3 Å². The van der Waals surface area contributed by atoms with E-state index in [4.69, 9.17) is 4.74 Å². The van der Waals surface area contributed by atoms with Crippen molar-refractivity contribution in [2.45, 2.75) is 37.3 Å². The highest BCUT2D eigenvalue weighted by atomic mass is 16.5. The average molecular weight is 317 g/mol. The summed E-state index contributed by atoms with van der Waals surface area (Å²) in [4.78, 5) is 8.86. The van der Waals surface area contributed by atoms with Crippen LogP contribution in [-0.4, -0.2) is 15.6 Å². The van der Waals surface area contributed by atoms with E-state index in [0.29, 0.717) is 0 Å². The zero-order chi connectivity index (χ0) is 16.0. The molecule has 0 bridgehead atoms. The molecule has 24 heavy (non-hydrogen) atoms. The Kier molecular flexibility index (Phi) is 2.98. The highest BCUT2D eigenvalue weighted by Crippen LogP contribution is 2.49. The zero-order valence-corrected chi connectivity index (χ0v) is 13.4. The summed E-state index contributed by atoms with van der Waals surface area (Å²) >= 11 is 0. The van der Waals surface area contributed by atoms with Gasteiger partial charge < -0.3 is 10.1 Å². The smallest absolute Gasteiger partial charge is 0.137 e. The van der Waals surface area contributed by atoms with Crippen molar-refractivity contribution in [2.24, 2.45) is 0 Å². The summed E-state index contributed by atoms with van der Waals surface area (Å²) in [6.45, 7) is 0. The molecule has 1 aliphatic carbocycles. The summed E-state index contributed by atoms with van der Waals surface area (Å²) in [5, 5.41) is 4.73. The fourth-order valence-corrected chi connectivity index (χ4v) is 3.91. The summed E-state index contributed by atoms with van der Waals surface area (Å²) in [6.07, 6.45) is 6.16. The minimum atomic E-state index is 0.00878. The second kappa shape index (κ2) is 5.20. The predicted octanol–water partition coefficient (Wildman–Crippen LogP) is 4.49. The minimum Gasteiger partial charge on any atom is -0.487 e. The fourth-order valence-electron chi connectivity index (χ4n) is 3.91. The number of hydrogen-bond acceptors (Lipinski definition) is 4. The van der Waals surface area contributed by atoms with Gasteiger partial charge in [-0.15, -0.1) is 0 Å². The number of benzene rings is 2. The lowest BCUT2D eigenvalue weighted by molar-refractivity contribution is -0.0309. The third-order valence-corrected chi connectivity index (χ3v) is 5.32. The Hall–Kier alpha value is -2.62. The van der Waals surface area contributed by atoms with Crippen molar-refractivity contribution in [3.8, 4) is 5.75 Å². The van der Waals surface area contributed by atoms with Gasteiger partial charge in [-0.05, 0) is 37.5 Å². The second-order valence-corrected chi connectivity index (χ2v) is 6.82. The number of nitrogens with one attached hydrogen (secondary N) is 1. The normalized spacial score (nSPS) is 20.9. The van der Waals surface area contributed by atoms with E-state index in [2.05, 4.69) is 39.6 Å². The molecule has 2 aliphatic rings. The van der Waals surface area contributed by atoms with E-state index in [1.54, 1.807) is 6.33 Å². The van der Waals surface area contributed by atoms with Gasteiger partial charge in [0, 0.05) is 17.4 Å². The quantitative estimate of drug-likeness (QED) is 0.756. The van der Waals surface area contributed by atoms with Gasteiger partial charge in [0.25, 0.3) is 0 Å². The Morgan fingerprint density at radius 3 is 2.71 bits per heavy atom. The SMILES string of the molecule is c1ccc2c(c1)OC1(CCC1)CC2Nc1ncnc2ccccc12. The Labute approximate surface area is 140 Å². The lowest BCUT2D eigenvalue weighted by Gasteiger charge is -2.48. The third-order valence-electron chi connectivity index (χ3n) is 5.32. The summed E-state index contributed by atoms with van der Waals surface area (Å²) in [6, 6.07) is 16.7. The van der Waals surface area contributed by atoms with Crippen LogP contribution in [0.1, 0.15) is 37.3 Å². The molecule has 2 heterocycles. The number of hydrogen-bond donors (Lipinski definition) is 1. The number of rotatable bonds is 2. The van der Waals surface area contributed by atoms with E-state index in [-0.39, 0.29) is 11.6 Å². The summed E-state index contributed by atoms with van der Waals surface area (Å²) < 4.78 is 6.34. The Morgan fingerprint density at radius 2 is 1.83 bits per heavy atom. The highest BCUT2D eigenvalue weighted by Gasteiger charge is 2.45. The van der Waals surface area contributed by atoms with Gasteiger partial charge in [0.15, 0.2) is 0 Å². The van der Waals surface area contributed by atoms with Gasteiger partial charge in [0.05, 0.1) is 11.6 Å². The largest absolute Gasteiger partial charge is 0.487 e. The van der Waals surface area contributed by atoms with Crippen LogP contribution in [-0.2, 0) is 0 Å². The molecule has 120 valence electrons. The first-order chi connectivity index (χ1) is 11.8. The molecular formula is C20H19N3O. The van der Waals surface area contributed by atoms with Crippen LogP contribution in [0.25, 0.3) is 10.9 Å². The molecule has 1 aromatic heterocycles. The number of anilines is 1. The number of nitrogens with zero attached hydrogens (tertiary/aromatic N) is 2. The number of aromatic nitrogens is 2. The van der Waals surface area contributed by atoms with Crippen LogP contribution in [0.3, 0.4) is 0 Å². The van der Waals surface area contributed by atoms with Crippen LogP contribution in [0.4, 0.5) is 5.82 Å². The van der Waals surface area contributed by atoms with E-state index < -0.39 is 0 Å². The van der Waals surface area contributed by atoms with Crippen molar-refractivity contribution in [3.05, 3.63) is 60.4 Å². The molecule has 3 aromatic rings. The molecule has 1 fully saturated rings. The molecule has 5 rings (SSSR count). The van der Waals surface area contributed by atoms with Gasteiger partial charge in [-0.25, -0.2) is 9.97 Å². The third kappa shape index (κ3) is 2.13. The lowest BCUT2D eigenvalue weighted by Crippen LogP contribution is -2.48. The molecule has 4 nitrogen and oxygen atoms in total. The summed E-state index contributed by atoms with van der Waals surface area (Å²) in [5.74, 6) is 1.91. The molecule has 1 saturated carbocycles. The molecule has 1 N–H and O–H groups in total. The molecule has 1 unspecified atom stereocenters. The van der Waals surface area contributed by atoms with E-state index in [9.17, 15) is 0 Å². The van der Waals surface area contributed by atoms with Gasteiger partial charge in [-0.3, -0.25) is 0 Å². The molecule has 4 heteroatoms. The number of ether oxygens (including phenoxy) is 1. The van der Waals surface area contributed by atoms with E-state index in [1.165, 1.54) is 12.0 Å². The predicted molar refractivity (Wildman–Crippen MR) is 94.2 cm³/mol. The van der Waals surface area contributed by atoms with Crippen LogP contribution in [0, 0.1) is 0 Å². The van der Waals surface area contributed by atoms with Gasteiger partial charge in [0.1, 0.15) is 23.5 Å². The second-order valence-electron chi connectivity index (χ2n) is 6.82. The van der Waals surface area contributed by atoms with Gasteiger partial charge in [0.2, 0.25) is 0 Å². The Morgan fingerprint density at radius 1 is 1.00 bits per heavy atom. The first kappa shape index (κ1) is 13.8. The maximum Gasteiger partial charge on any atom is 0.137 e. The Bertz CT molecular complexity index is 899. The molecular weight excluding hydrogens is 298 g/mol. The van der Waals surface area contributed by atoms with Crippen molar-refractivity contribution < 1.29 is 4.74 Å². The Balaban J connectivity index is 1.56. The van der Waals surface area contributed by atoms with Crippen molar-refractivity contribution in [1.82, 2.24) is 9.97 Å².